The van der Waals surface area contributed by atoms with E-state index in [0.717, 1.165) is 38.8 Å². The van der Waals surface area contributed by atoms with Gasteiger partial charge in [-0.1, -0.05) is 24.4 Å². The van der Waals surface area contributed by atoms with Crippen molar-refractivity contribution in [1.29, 1.82) is 0 Å². The number of hydrogen-bond donors (Lipinski definition) is 3. The number of carbonyl (C=O) groups excluding carboxylic acids is 1. The van der Waals surface area contributed by atoms with Gasteiger partial charge in [0.2, 0.25) is 11.9 Å². The standard InChI is InChI=1S/C25H33ClN6O4/c1-31(2)21(33)15-32-10-6-16-12-19(20(36-3)13-17(16)7-11-32)28-24-27-14-18(26)22(29-24)30-25(23(34)35)8-4-5-9-25/h12-14H,4-11,15H2,1-3H3,(H,34,35)(H2,27,28,29,30). The van der Waals surface area contributed by atoms with E-state index >= 15 is 0 Å². The number of carboxylic acids is 1. The highest BCUT2D eigenvalue weighted by Crippen LogP contribution is 2.36. The molecule has 11 heteroatoms. The molecule has 2 aliphatic rings. The van der Waals surface area contributed by atoms with Gasteiger partial charge in [-0.05, 0) is 48.9 Å². The van der Waals surface area contributed by atoms with Gasteiger partial charge >= 0.3 is 5.97 Å². The van der Waals surface area contributed by atoms with Crippen LogP contribution in [0.3, 0.4) is 0 Å². The van der Waals surface area contributed by atoms with E-state index in [1.165, 1.54) is 17.3 Å². The third kappa shape index (κ3) is 5.65. The van der Waals surface area contributed by atoms with Crippen LogP contribution in [0.15, 0.2) is 18.3 Å². The maximum atomic E-state index is 12.2. The van der Waals surface area contributed by atoms with Crippen molar-refractivity contribution in [2.24, 2.45) is 0 Å². The van der Waals surface area contributed by atoms with Gasteiger partial charge in [-0.25, -0.2) is 9.78 Å². The molecule has 2 aromatic rings. The summed E-state index contributed by atoms with van der Waals surface area (Å²) in [6.45, 7) is 1.97. The molecule has 3 N–H and O–H groups in total. The van der Waals surface area contributed by atoms with E-state index in [2.05, 4.69) is 25.5 Å². The van der Waals surface area contributed by atoms with Gasteiger partial charge in [0.15, 0.2) is 5.82 Å². The van der Waals surface area contributed by atoms with Crippen molar-refractivity contribution in [3.8, 4) is 5.75 Å². The average Bonchev–Trinajstić information content (AvgIpc) is 3.24. The fraction of sp³-hybridized carbons (Fsp3) is 0.520. The van der Waals surface area contributed by atoms with Crippen LogP contribution in [0, 0.1) is 0 Å². The Morgan fingerprint density at radius 1 is 1.19 bits per heavy atom. The number of fused-ring (bicyclic) bond motifs is 1. The van der Waals surface area contributed by atoms with E-state index in [9.17, 15) is 14.7 Å². The summed E-state index contributed by atoms with van der Waals surface area (Å²) < 4.78 is 5.64. The molecule has 0 radical (unpaired) electrons. The van der Waals surface area contributed by atoms with E-state index in [1.807, 2.05) is 12.1 Å². The number of aliphatic carboxylic acids is 1. The molecule has 0 spiro atoms. The lowest BCUT2D eigenvalue weighted by atomic mass is 9.98. The molecule has 1 aliphatic heterocycles. The molecule has 0 unspecified atom stereocenters. The quantitative estimate of drug-likeness (QED) is 0.485. The van der Waals surface area contributed by atoms with Crippen LogP contribution < -0.4 is 15.4 Å². The van der Waals surface area contributed by atoms with Crippen LogP contribution in [0.4, 0.5) is 17.5 Å². The Morgan fingerprint density at radius 3 is 2.47 bits per heavy atom. The summed E-state index contributed by atoms with van der Waals surface area (Å²) in [5, 5.41) is 16.4. The normalized spacial score (nSPS) is 17.1. The van der Waals surface area contributed by atoms with Crippen molar-refractivity contribution in [2.75, 3.05) is 51.5 Å². The summed E-state index contributed by atoms with van der Waals surface area (Å²) in [5.41, 5.74) is 1.98. The number of anilines is 3. The zero-order valence-electron chi connectivity index (χ0n) is 20.9. The second kappa shape index (κ2) is 10.9. The summed E-state index contributed by atoms with van der Waals surface area (Å²) in [7, 11) is 5.15. The first-order chi connectivity index (χ1) is 17.2. The first-order valence-corrected chi connectivity index (χ1v) is 12.5. The van der Waals surface area contributed by atoms with E-state index in [1.54, 1.807) is 26.1 Å². The number of carbonyl (C=O) groups is 2. The SMILES string of the molecule is COc1cc2c(cc1Nc1ncc(Cl)c(NC3(C(=O)O)CCCC3)n1)CCN(CC(=O)N(C)C)CC2. The van der Waals surface area contributed by atoms with E-state index in [4.69, 9.17) is 16.3 Å². The number of ether oxygens (including phenoxy) is 1. The van der Waals surface area contributed by atoms with Gasteiger partial charge in [-0.2, -0.15) is 4.98 Å². The number of amides is 1. The predicted molar refractivity (Wildman–Crippen MR) is 138 cm³/mol. The monoisotopic (exact) mass is 516 g/mol. The maximum Gasteiger partial charge on any atom is 0.329 e. The van der Waals surface area contributed by atoms with Crippen LogP contribution in [0.2, 0.25) is 5.02 Å². The minimum atomic E-state index is -1.07. The zero-order chi connectivity index (χ0) is 25.9. The first-order valence-electron chi connectivity index (χ1n) is 12.1. The largest absolute Gasteiger partial charge is 0.495 e. The number of methoxy groups -OCH3 is 1. The molecule has 10 nitrogen and oxygen atoms in total. The van der Waals surface area contributed by atoms with Crippen LogP contribution in [-0.2, 0) is 22.4 Å². The fourth-order valence-corrected chi connectivity index (χ4v) is 4.93. The van der Waals surface area contributed by atoms with Crippen molar-refractivity contribution in [1.82, 2.24) is 19.8 Å². The first kappa shape index (κ1) is 26.0. The van der Waals surface area contributed by atoms with Crippen LogP contribution in [0.25, 0.3) is 0 Å². The molecule has 194 valence electrons. The number of rotatable bonds is 8. The Morgan fingerprint density at radius 2 is 1.86 bits per heavy atom. The van der Waals surface area contributed by atoms with E-state index < -0.39 is 11.5 Å². The lowest BCUT2D eigenvalue weighted by Crippen LogP contribution is -2.44. The van der Waals surface area contributed by atoms with Crippen LogP contribution >= 0.6 is 11.6 Å². The van der Waals surface area contributed by atoms with Crippen molar-refractivity contribution in [3.05, 3.63) is 34.5 Å². The van der Waals surface area contributed by atoms with E-state index in [0.29, 0.717) is 30.8 Å². The van der Waals surface area contributed by atoms with Crippen molar-refractivity contribution in [3.63, 3.8) is 0 Å². The van der Waals surface area contributed by atoms with Gasteiger partial charge in [0, 0.05) is 27.2 Å². The topological polar surface area (TPSA) is 120 Å². The number of likely N-dealkylation sites (N-methyl/N-ethyl adjacent to an activating group) is 1. The smallest absolute Gasteiger partial charge is 0.329 e. The lowest BCUT2D eigenvalue weighted by Gasteiger charge is -2.26. The summed E-state index contributed by atoms with van der Waals surface area (Å²) in [4.78, 5) is 36.7. The van der Waals surface area contributed by atoms with Gasteiger partial charge in [0.25, 0.3) is 0 Å². The molecule has 1 fully saturated rings. The second-order valence-electron chi connectivity index (χ2n) is 9.62. The molecule has 0 saturated heterocycles. The molecule has 4 rings (SSSR count). The third-order valence-corrected chi connectivity index (χ3v) is 7.27. The maximum absolute atomic E-state index is 12.2. The Hall–Kier alpha value is -3.11. The molecule has 2 heterocycles. The second-order valence-corrected chi connectivity index (χ2v) is 10.0. The van der Waals surface area contributed by atoms with Crippen molar-refractivity contribution >= 4 is 40.9 Å². The number of nitrogens with zero attached hydrogens (tertiary/aromatic N) is 4. The number of benzene rings is 1. The Labute approximate surface area is 216 Å². The third-order valence-electron chi connectivity index (χ3n) is 6.99. The number of hydrogen-bond acceptors (Lipinski definition) is 8. The van der Waals surface area contributed by atoms with Gasteiger partial charge in [-0.15, -0.1) is 0 Å². The fourth-order valence-electron chi connectivity index (χ4n) is 4.79. The molecular weight excluding hydrogens is 484 g/mol. The highest BCUT2D eigenvalue weighted by molar-refractivity contribution is 6.32. The van der Waals surface area contributed by atoms with Gasteiger partial charge in [0.1, 0.15) is 16.3 Å². The minimum absolute atomic E-state index is 0.0903. The van der Waals surface area contributed by atoms with E-state index in [-0.39, 0.29) is 22.7 Å². The number of nitrogens with one attached hydrogen (secondary N) is 2. The summed E-state index contributed by atoms with van der Waals surface area (Å²) in [5.74, 6) is 0.404. The summed E-state index contributed by atoms with van der Waals surface area (Å²) in [6, 6.07) is 4.05. The molecule has 1 amide bonds. The zero-order valence-corrected chi connectivity index (χ0v) is 21.7. The number of aromatic nitrogens is 2. The lowest BCUT2D eigenvalue weighted by molar-refractivity contribution is -0.142. The highest BCUT2D eigenvalue weighted by Gasteiger charge is 2.42. The van der Waals surface area contributed by atoms with Gasteiger partial charge in [-0.3, -0.25) is 9.69 Å². The summed E-state index contributed by atoms with van der Waals surface area (Å²) >= 11 is 6.32. The molecule has 0 bridgehead atoms. The Kier molecular flexibility index (Phi) is 7.85. The molecule has 1 saturated carbocycles. The van der Waals surface area contributed by atoms with Crippen LogP contribution in [-0.4, -0.2) is 83.1 Å². The van der Waals surface area contributed by atoms with Crippen molar-refractivity contribution in [2.45, 2.75) is 44.1 Å². The minimum Gasteiger partial charge on any atom is -0.495 e. The average molecular weight is 517 g/mol. The van der Waals surface area contributed by atoms with Crippen molar-refractivity contribution < 1.29 is 19.4 Å². The van der Waals surface area contributed by atoms with Crippen LogP contribution in [0.1, 0.15) is 36.8 Å². The number of halogens is 1. The van der Waals surface area contributed by atoms with Gasteiger partial charge in [0.05, 0.1) is 25.5 Å². The summed E-state index contributed by atoms with van der Waals surface area (Å²) in [6.07, 6.45) is 5.77. The molecule has 36 heavy (non-hydrogen) atoms. The Balaban J connectivity index is 1.54. The number of carboxylic acid groups (broad SMARTS) is 1. The molecule has 1 aromatic carbocycles. The highest BCUT2D eigenvalue weighted by atomic mass is 35.5. The predicted octanol–water partition coefficient (Wildman–Crippen LogP) is 3.18. The molecule has 0 atom stereocenters. The Bertz CT molecular complexity index is 1140. The molecule has 1 aliphatic carbocycles. The molecular formula is C25H33ClN6O4. The van der Waals surface area contributed by atoms with Gasteiger partial charge < -0.3 is 25.4 Å². The molecule has 1 aromatic heterocycles. The van der Waals surface area contributed by atoms with Crippen LogP contribution in [0.5, 0.6) is 5.75 Å².